The zero-order valence-electron chi connectivity index (χ0n) is 13.7. The Hall–Kier alpha value is -2.53. The van der Waals surface area contributed by atoms with Gasteiger partial charge < -0.3 is 9.47 Å². The predicted octanol–water partition coefficient (Wildman–Crippen LogP) is 4.10. The van der Waals surface area contributed by atoms with Crippen molar-refractivity contribution in [3.05, 3.63) is 65.2 Å². The van der Waals surface area contributed by atoms with Crippen LogP contribution in [0.2, 0.25) is 0 Å². The molecule has 0 bridgehead atoms. The molecular weight excluding hydrogens is 324 g/mol. The largest absolute Gasteiger partial charge is 0.496 e. The lowest BCUT2D eigenvalue weighted by Gasteiger charge is -2.07. The van der Waals surface area contributed by atoms with Crippen molar-refractivity contribution >= 4 is 29.6 Å². The van der Waals surface area contributed by atoms with E-state index in [0.29, 0.717) is 16.9 Å². The monoisotopic (exact) mass is 342 g/mol. The fourth-order valence-corrected chi connectivity index (χ4v) is 2.65. The van der Waals surface area contributed by atoms with Crippen molar-refractivity contribution in [2.75, 3.05) is 20.5 Å². The first-order chi connectivity index (χ1) is 11.6. The molecule has 0 radical (unpaired) electrons. The summed E-state index contributed by atoms with van der Waals surface area (Å²) >= 11 is 1.56. The van der Waals surface area contributed by atoms with Crippen molar-refractivity contribution in [1.29, 1.82) is 0 Å². The summed E-state index contributed by atoms with van der Waals surface area (Å²) in [5.74, 6) is 0.185. The van der Waals surface area contributed by atoms with Gasteiger partial charge in [0.25, 0.3) is 0 Å². The Kier molecular flexibility index (Phi) is 6.21. The van der Waals surface area contributed by atoms with Gasteiger partial charge in [-0.3, -0.25) is 4.79 Å². The van der Waals surface area contributed by atoms with E-state index in [4.69, 9.17) is 4.74 Å². The minimum Gasteiger partial charge on any atom is -0.496 e. The maximum absolute atomic E-state index is 12.3. The van der Waals surface area contributed by atoms with Crippen LogP contribution >= 0.6 is 11.8 Å². The summed E-state index contributed by atoms with van der Waals surface area (Å²) < 4.78 is 9.94. The van der Waals surface area contributed by atoms with E-state index in [1.54, 1.807) is 61.3 Å². The summed E-state index contributed by atoms with van der Waals surface area (Å²) in [6.45, 7) is 0. The van der Waals surface area contributed by atoms with Crippen LogP contribution in [0.15, 0.2) is 53.4 Å². The molecule has 24 heavy (non-hydrogen) atoms. The van der Waals surface area contributed by atoms with Gasteiger partial charge in [0.2, 0.25) is 0 Å². The standard InChI is InChI=1S/C19H18O4S/c1-22-17-12-15(9-11-18(17)24-3)16(20)10-6-13-4-7-14(8-5-13)19(21)23-2/h4-12H,1-3H3/b10-6+. The van der Waals surface area contributed by atoms with Crippen molar-refractivity contribution in [2.24, 2.45) is 0 Å². The van der Waals surface area contributed by atoms with Gasteiger partial charge in [-0.25, -0.2) is 4.79 Å². The average Bonchev–Trinajstić information content (AvgIpc) is 2.65. The molecule has 0 heterocycles. The number of benzene rings is 2. The molecule has 2 aromatic carbocycles. The van der Waals surface area contributed by atoms with E-state index in [1.807, 2.05) is 12.3 Å². The first kappa shape index (κ1) is 17.8. The number of carbonyl (C=O) groups excluding carboxylic acids is 2. The van der Waals surface area contributed by atoms with Crippen molar-refractivity contribution < 1.29 is 19.1 Å². The highest BCUT2D eigenvalue weighted by molar-refractivity contribution is 7.98. The van der Waals surface area contributed by atoms with Crippen LogP contribution in [-0.2, 0) is 4.74 Å². The fraction of sp³-hybridized carbons (Fsp3) is 0.158. The zero-order chi connectivity index (χ0) is 17.5. The molecule has 0 saturated carbocycles. The molecule has 2 rings (SSSR count). The molecule has 2 aromatic rings. The van der Waals surface area contributed by atoms with Gasteiger partial charge in [-0.05, 0) is 48.2 Å². The first-order valence-corrected chi connectivity index (χ1v) is 8.44. The molecule has 0 spiro atoms. The number of ether oxygens (including phenoxy) is 2. The number of esters is 1. The van der Waals surface area contributed by atoms with Crippen LogP contribution in [0.5, 0.6) is 5.75 Å². The number of rotatable bonds is 6. The van der Waals surface area contributed by atoms with E-state index in [-0.39, 0.29) is 11.8 Å². The smallest absolute Gasteiger partial charge is 0.337 e. The van der Waals surface area contributed by atoms with Crippen LogP contribution < -0.4 is 4.74 Å². The topological polar surface area (TPSA) is 52.6 Å². The molecule has 0 saturated heterocycles. The SMILES string of the molecule is COC(=O)c1ccc(/C=C/C(=O)c2ccc(SC)c(OC)c2)cc1. The Morgan fingerprint density at radius 2 is 1.67 bits per heavy atom. The van der Waals surface area contributed by atoms with Crippen LogP contribution in [0.3, 0.4) is 0 Å². The number of hydrogen-bond acceptors (Lipinski definition) is 5. The van der Waals surface area contributed by atoms with Crippen LogP contribution in [0.25, 0.3) is 6.08 Å². The second kappa shape index (κ2) is 8.36. The Morgan fingerprint density at radius 3 is 2.25 bits per heavy atom. The summed E-state index contributed by atoms with van der Waals surface area (Å²) in [5.41, 5.74) is 1.86. The summed E-state index contributed by atoms with van der Waals surface area (Å²) in [4.78, 5) is 24.6. The van der Waals surface area contributed by atoms with Crippen LogP contribution in [-0.4, -0.2) is 32.2 Å². The van der Waals surface area contributed by atoms with Crippen LogP contribution in [0, 0.1) is 0 Å². The van der Waals surface area contributed by atoms with Gasteiger partial charge in [0.15, 0.2) is 5.78 Å². The third kappa shape index (κ3) is 4.26. The van der Waals surface area contributed by atoms with Gasteiger partial charge in [-0.1, -0.05) is 18.2 Å². The van der Waals surface area contributed by atoms with E-state index in [0.717, 1.165) is 10.5 Å². The Labute approximate surface area is 145 Å². The zero-order valence-corrected chi connectivity index (χ0v) is 14.6. The third-order valence-corrected chi connectivity index (χ3v) is 4.20. The molecule has 4 nitrogen and oxygen atoms in total. The maximum atomic E-state index is 12.3. The number of allylic oxidation sites excluding steroid dienone is 1. The van der Waals surface area contributed by atoms with Gasteiger partial charge in [-0.2, -0.15) is 0 Å². The highest BCUT2D eigenvalue weighted by atomic mass is 32.2. The molecule has 0 fully saturated rings. The van der Waals surface area contributed by atoms with E-state index in [9.17, 15) is 9.59 Å². The lowest BCUT2D eigenvalue weighted by molar-refractivity contribution is 0.0600. The van der Waals surface area contributed by atoms with Crippen molar-refractivity contribution in [2.45, 2.75) is 4.90 Å². The molecule has 0 N–H and O–H groups in total. The summed E-state index contributed by atoms with van der Waals surface area (Å²) in [7, 11) is 2.92. The van der Waals surface area contributed by atoms with Gasteiger partial charge in [0.05, 0.1) is 19.8 Å². The van der Waals surface area contributed by atoms with E-state index in [1.165, 1.54) is 13.2 Å². The first-order valence-electron chi connectivity index (χ1n) is 7.22. The minimum absolute atomic E-state index is 0.113. The molecule has 0 aromatic heterocycles. The van der Waals surface area contributed by atoms with E-state index < -0.39 is 0 Å². The minimum atomic E-state index is -0.386. The third-order valence-electron chi connectivity index (χ3n) is 3.43. The van der Waals surface area contributed by atoms with Crippen LogP contribution in [0.4, 0.5) is 0 Å². The number of thioether (sulfide) groups is 1. The van der Waals surface area contributed by atoms with Gasteiger partial charge in [0, 0.05) is 10.5 Å². The molecule has 0 aliphatic carbocycles. The highest BCUT2D eigenvalue weighted by Gasteiger charge is 2.08. The van der Waals surface area contributed by atoms with Crippen molar-refractivity contribution in [3.8, 4) is 5.75 Å². The summed E-state index contributed by atoms with van der Waals surface area (Å²) in [6.07, 6.45) is 5.16. The summed E-state index contributed by atoms with van der Waals surface area (Å²) in [6, 6.07) is 12.2. The van der Waals surface area contributed by atoms with E-state index >= 15 is 0 Å². The second-order valence-corrected chi connectivity index (χ2v) is 5.73. The number of hydrogen-bond donors (Lipinski definition) is 0. The van der Waals surface area contributed by atoms with E-state index in [2.05, 4.69) is 4.74 Å². The molecule has 0 atom stereocenters. The quantitative estimate of drug-likeness (QED) is 0.342. The lowest BCUT2D eigenvalue weighted by atomic mass is 10.1. The average molecular weight is 342 g/mol. The molecule has 0 amide bonds. The molecule has 0 aliphatic heterocycles. The normalized spacial score (nSPS) is 10.6. The Balaban J connectivity index is 2.14. The maximum Gasteiger partial charge on any atom is 0.337 e. The van der Waals surface area contributed by atoms with Crippen LogP contribution in [0.1, 0.15) is 26.3 Å². The fourth-order valence-electron chi connectivity index (χ4n) is 2.11. The number of methoxy groups -OCH3 is 2. The number of ketones is 1. The number of carbonyl (C=O) groups is 2. The van der Waals surface area contributed by atoms with Crippen molar-refractivity contribution in [3.63, 3.8) is 0 Å². The molecule has 0 unspecified atom stereocenters. The lowest BCUT2D eigenvalue weighted by Crippen LogP contribution is -2.00. The molecule has 0 aliphatic rings. The molecule has 5 heteroatoms. The highest BCUT2D eigenvalue weighted by Crippen LogP contribution is 2.28. The molecular formula is C19H18O4S. The Bertz CT molecular complexity index is 763. The predicted molar refractivity (Wildman–Crippen MR) is 95.9 cm³/mol. The Morgan fingerprint density at radius 1 is 1.00 bits per heavy atom. The van der Waals surface area contributed by atoms with Gasteiger partial charge in [0.1, 0.15) is 5.75 Å². The summed E-state index contributed by atoms with van der Waals surface area (Å²) in [5, 5.41) is 0. The molecule has 124 valence electrons. The second-order valence-electron chi connectivity index (χ2n) is 4.88. The van der Waals surface area contributed by atoms with Crippen molar-refractivity contribution in [1.82, 2.24) is 0 Å². The van der Waals surface area contributed by atoms with Gasteiger partial charge >= 0.3 is 5.97 Å². The van der Waals surface area contributed by atoms with Gasteiger partial charge in [-0.15, -0.1) is 11.8 Å².